The fourth-order valence-electron chi connectivity index (χ4n) is 2.80. The second kappa shape index (κ2) is 3.41. The average Bonchev–Trinajstić information content (AvgIpc) is 2.49. The zero-order valence-electron chi connectivity index (χ0n) is 9.76. The van der Waals surface area contributed by atoms with E-state index in [1.165, 1.54) is 5.56 Å². The Balaban J connectivity index is 2.53. The van der Waals surface area contributed by atoms with Crippen molar-refractivity contribution in [3.63, 3.8) is 0 Å². The molecule has 1 aromatic heterocycles. The molecule has 2 heteroatoms. The zero-order valence-corrected chi connectivity index (χ0v) is 10.5. The Morgan fingerprint density at radius 3 is 2.60 bits per heavy atom. The Kier molecular flexibility index (Phi) is 2.46. The van der Waals surface area contributed by atoms with Gasteiger partial charge in [0, 0.05) is 6.20 Å². The lowest BCUT2D eigenvalue weighted by atomic mass is 9.68. The van der Waals surface area contributed by atoms with E-state index in [1.54, 1.807) is 0 Å². The van der Waals surface area contributed by atoms with Crippen LogP contribution in [0.4, 0.5) is 0 Å². The first-order chi connectivity index (χ1) is 6.91. The number of H-pyrrole nitrogens is 1. The van der Waals surface area contributed by atoms with Crippen molar-refractivity contribution in [3.05, 3.63) is 29.6 Å². The Morgan fingerprint density at radius 1 is 1.33 bits per heavy atom. The van der Waals surface area contributed by atoms with Crippen LogP contribution in [0, 0.1) is 11.3 Å². The van der Waals surface area contributed by atoms with Gasteiger partial charge in [0.05, 0.1) is 10.7 Å². The van der Waals surface area contributed by atoms with Gasteiger partial charge in [-0.2, -0.15) is 0 Å². The molecule has 2 rings (SSSR count). The van der Waals surface area contributed by atoms with Gasteiger partial charge in [0.2, 0.25) is 0 Å². The number of aromatic amines is 1. The Hall–Kier alpha value is -0.690. The van der Waals surface area contributed by atoms with Gasteiger partial charge in [0.15, 0.2) is 0 Å². The molecule has 0 bridgehead atoms. The second-order valence-corrected chi connectivity index (χ2v) is 5.93. The number of fused-ring (bicyclic) bond motifs is 1. The highest BCUT2D eigenvalue weighted by Crippen LogP contribution is 2.47. The Bertz CT molecular complexity index is 395. The molecule has 0 amide bonds. The smallest absolute Gasteiger partial charge is 0.0606 e. The maximum Gasteiger partial charge on any atom is 0.0606 e. The van der Waals surface area contributed by atoms with Crippen molar-refractivity contribution in [1.82, 2.24) is 4.98 Å². The first kappa shape index (κ1) is 10.8. The summed E-state index contributed by atoms with van der Waals surface area (Å²) in [6.07, 6.45) is 4.15. The van der Waals surface area contributed by atoms with Gasteiger partial charge < -0.3 is 4.98 Å². The summed E-state index contributed by atoms with van der Waals surface area (Å²) in [5.41, 5.74) is 2.74. The standard InChI is InChI=1S/C13H18ClN/c1-8-7-10(14)12-9(5-6-15-12)11(8)13(2,3)4/h5-8,11,15H,1-4H3. The molecule has 15 heavy (non-hydrogen) atoms. The van der Waals surface area contributed by atoms with Gasteiger partial charge in [0.25, 0.3) is 0 Å². The molecule has 0 saturated heterocycles. The third-order valence-electron chi connectivity index (χ3n) is 3.22. The van der Waals surface area contributed by atoms with Gasteiger partial charge in [-0.1, -0.05) is 45.4 Å². The van der Waals surface area contributed by atoms with E-state index >= 15 is 0 Å². The quantitative estimate of drug-likeness (QED) is 0.672. The van der Waals surface area contributed by atoms with Crippen molar-refractivity contribution in [2.75, 3.05) is 0 Å². The van der Waals surface area contributed by atoms with Crippen molar-refractivity contribution in [2.45, 2.75) is 33.6 Å². The fraction of sp³-hybridized carbons (Fsp3) is 0.538. The SMILES string of the molecule is CC1C=C(Cl)c2[nH]ccc2C1C(C)(C)C. The molecule has 0 spiro atoms. The van der Waals surface area contributed by atoms with E-state index in [9.17, 15) is 0 Å². The molecule has 2 unspecified atom stereocenters. The average molecular weight is 224 g/mol. The minimum absolute atomic E-state index is 0.268. The van der Waals surface area contributed by atoms with Crippen LogP contribution >= 0.6 is 11.6 Å². The third kappa shape index (κ3) is 1.74. The molecule has 1 aliphatic carbocycles. The number of rotatable bonds is 0. The van der Waals surface area contributed by atoms with Gasteiger partial charge in [-0.25, -0.2) is 0 Å². The minimum Gasteiger partial charge on any atom is -0.360 e. The number of nitrogens with one attached hydrogen (secondary N) is 1. The van der Waals surface area contributed by atoms with Gasteiger partial charge in [-0.15, -0.1) is 0 Å². The van der Waals surface area contributed by atoms with E-state index in [0.29, 0.717) is 11.8 Å². The summed E-state index contributed by atoms with van der Waals surface area (Å²) in [7, 11) is 0. The van der Waals surface area contributed by atoms with Gasteiger partial charge >= 0.3 is 0 Å². The Morgan fingerprint density at radius 2 is 2.00 bits per heavy atom. The van der Waals surface area contributed by atoms with E-state index in [2.05, 4.69) is 44.8 Å². The monoisotopic (exact) mass is 223 g/mol. The van der Waals surface area contributed by atoms with Crippen LogP contribution in [0.1, 0.15) is 44.9 Å². The predicted octanol–water partition coefficient (Wildman–Crippen LogP) is 4.37. The molecule has 0 aromatic carbocycles. The van der Waals surface area contributed by atoms with Crippen LogP contribution in [-0.4, -0.2) is 4.98 Å². The molecular formula is C13H18ClN. The fourth-order valence-corrected chi connectivity index (χ4v) is 3.16. The molecule has 0 fully saturated rings. The summed E-state index contributed by atoms with van der Waals surface area (Å²) >= 11 is 6.23. The topological polar surface area (TPSA) is 15.8 Å². The molecule has 1 N–H and O–H groups in total. The number of aromatic nitrogens is 1. The first-order valence-electron chi connectivity index (χ1n) is 5.46. The summed E-state index contributed by atoms with van der Waals surface area (Å²) < 4.78 is 0. The highest BCUT2D eigenvalue weighted by molar-refractivity contribution is 6.48. The molecule has 1 aliphatic rings. The van der Waals surface area contributed by atoms with Gasteiger partial charge in [-0.3, -0.25) is 0 Å². The molecule has 0 radical (unpaired) electrons. The van der Waals surface area contributed by atoms with E-state index in [-0.39, 0.29) is 5.41 Å². The number of hydrogen-bond donors (Lipinski definition) is 1. The summed E-state index contributed by atoms with van der Waals surface area (Å²) in [5.74, 6) is 1.04. The largest absolute Gasteiger partial charge is 0.360 e. The van der Waals surface area contributed by atoms with Crippen LogP contribution in [-0.2, 0) is 0 Å². The second-order valence-electron chi connectivity index (χ2n) is 5.53. The van der Waals surface area contributed by atoms with Crippen molar-refractivity contribution < 1.29 is 0 Å². The van der Waals surface area contributed by atoms with Crippen molar-refractivity contribution in [2.24, 2.45) is 11.3 Å². The summed E-state index contributed by atoms with van der Waals surface area (Å²) in [4.78, 5) is 3.23. The Labute approximate surface area is 96.5 Å². The van der Waals surface area contributed by atoms with Crippen LogP contribution in [0.5, 0.6) is 0 Å². The lowest BCUT2D eigenvalue weighted by Crippen LogP contribution is -2.26. The molecule has 2 atom stereocenters. The van der Waals surface area contributed by atoms with Crippen LogP contribution in [0.15, 0.2) is 18.3 Å². The zero-order chi connectivity index (χ0) is 11.2. The summed E-state index contributed by atoms with van der Waals surface area (Å²) in [6.45, 7) is 9.11. The lowest BCUT2D eigenvalue weighted by molar-refractivity contribution is 0.272. The molecule has 0 saturated carbocycles. The van der Waals surface area contributed by atoms with Gasteiger partial charge in [0.1, 0.15) is 0 Å². The maximum atomic E-state index is 6.23. The summed E-state index contributed by atoms with van der Waals surface area (Å²) in [5, 5.41) is 0.864. The maximum absolute atomic E-state index is 6.23. The first-order valence-corrected chi connectivity index (χ1v) is 5.84. The normalized spacial score (nSPS) is 26.1. The third-order valence-corrected chi connectivity index (χ3v) is 3.54. The molecule has 1 heterocycles. The molecular weight excluding hydrogens is 206 g/mol. The number of allylic oxidation sites excluding steroid dienone is 1. The number of hydrogen-bond acceptors (Lipinski definition) is 0. The highest BCUT2D eigenvalue weighted by atomic mass is 35.5. The number of halogens is 1. The van der Waals surface area contributed by atoms with E-state index in [4.69, 9.17) is 11.6 Å². The van der Waals surface area contributed by atoms with E-state index in [0.717, 1.165) is 10.7 Å². The summed E-state index contributed by atoms with van der Waals surface area (Å²) in [6, 6.07) is 2.16. The molecule has 0 aliphatic heterocycles. The predicted molar refractivity (Wildman–Crippen MR) is 66.0 cm³/mol. The van der Waals surface area contributed by atoms with Crippen LogP contribution in [0.3, 0.4) is 0 Å². The van der Waals surface area contributed by atoms with E-state index < -0.39 is 0 Å². The van der Waals surface area contributed by atoms with E-state index in [1.807, 2.05) is 6.20 Å². The molecule has 82 valence electrons. The highest BCUT2D eigenvalue weighted by Gasteiger charge is 2.35. The lowest BCUT2D eigenvalue weighted by Gasteiger charge is -2.37. The van der Waals surface area contributed by atoms with Crippen molar-refractivity contribution in [3.8, 4) is 0 Å². The van der Waals surface area contributed by atoms with Crippen LogP contribution in [0.25, 0.3) is 5.03 Å². The van der Waals surface area contributed by atoms with Crippen molar-refractivity contribution in [1.29, 1.82) is 0 Å². The van der Waals surface area contributed by atoms with Gasteiger partial charge in [-0.05, 0) is 28.9 Å². The molecule has 1 nitrogen and oxygen atoms in total. The van der Waals surface area contributed by atoms with Crippen molar-refractivity contribution >= 4 is 16.6 Å². The van der Waals surface area contributed by atoms with Crippen LogP contribution < -0.4 is 0 Å². The molecule has 1 aromatic rings. The minimum atomic E-state index is 0.268. The van der Waals surface area contributed by atoms with Crippen LogP contribution in [0.2, 0.25) is 0 Å².